The number of aryl methyl sites for hydroxylation is 1. The van der Waals surface area contributed by atoms with Crippen LogP contribution in [-0.2, 0) is 6.42 Å². The third kappa shape index (κ3) is 4.41. The molecular formula is C19H17F2N3O3. The van der Waals surface area contributed by atoms with Crippen LogP contribution in [0.25, 0.3) is 11.3 Å². The Bertz CT molecular complexity index is 940. The number of nitrogens with one attached hydrogen (secondary N) is 2. The van der Waals surface area contributed by atoms with Gasteiger partial charge in [-0.2, -0.15) is 13.9 Å². The summed E-state index contributed by atoms with van der Waals surface area (Å²) in [6.45, 7) is -0.909. The second-order valence-electron chi connectivity index (χ2n) is 5.73. The highest BCUT2D eigenvalue weighted by Crippen LogP contribution is 2.29. The number of phenolic OH excluding ortho intramolecular Hbond substituents is 1. The number of hydrogen-bond donors (Lipinski definition) is 3. The van der Waals surface area contributed by atoms with Gasteiger partial charge >= 0.3 is 6.61 Å². The number of H-pyrrole nitrogens is 1. The van der Waals surface area contributed by atoms with E-state index in [-0.39, 0.29) is 17.2 Å². The van der Waals surface area contributed by atoms with E-state index in [0.717, 1.165) is 12.0 Å². The molecule has 27 heavy (non-hydrogen) atoms. The van der Waals surface area contributed by atoms with Crippen molar-refractivity contribution in [3.8, 4) is 22.8 Å². The number of ether oxygens (including phenoxy) is 1. The van der Waals surface area contributed by atoms with Crippen LogP contribution in [0.5, 0.6) is 11.5 Å². The molecule has 0 aliphatic heterocycles. The van der Waals surface area contributed by atoms with Crippen LogP contribution in [0.15, 0.2) is 48.5 Å². The Labute approximate surface area is 153 Å². The van der Waals surface area contributed by atoms with Crippen LogP contribution >= 0.6 is 0 Å². The van der Waals surface area contributed by atoms with Crippen molar-refractivity contribution in [1.29, 1.82) is 0 Å². The van der Waals surface area contributed by atoms with Gasteiger partial charge in [-0.15, -0.1) is 0 Å². The minimum absolute atomic E-state index is 0.00175. The van der Waals surface area contributed by atoms with E-state index in [4.69, 9.17) is 0 Å². The third-order valence-corrected chi connectivity index (χ3v) is 3.91. The summed E-state index contributed by atoms with van der Waals surface area (Å²) in [4.78, 5) is 12.3. The number of halogens is 2. The molecule has 1 heterocycles. The largest absolute Gasteiger partial charge is 0.507 e. The van der Waals surface area contributed by atoms with Gasteiger partial charge in [0, 0.05) is 11.3 Å². The molecule has 3 aromatic rings. The number of benzene rings is 2. The maximum absolute atomic E-state index is 12.3. The summed E-state index contributed by atoms with van der Waals surface area (Å²) in [5.74, 6) is -0.388. The molecule has 6 nitrogen and oxygen atoms in total. The van der Waals surface area contributed by atoms with Gasteiger partial charge in [-0.1, -0.05) is 13.0 Å². The smallest absolute Gasteiger partial charge is 0.387 e. The number of carbonyl (C=O) groups is 1. The topological polar surface area (TPSA) is 87.2 Å². The SMILES string of the molecule is CCc1ccc(O)c(-c2cc(C(=O)Nc3ccc(OC(F)F)cc3)[nH]n2)c1. The number of aromatic hydroxyl groups is 1. The highest BCUT2D eigenvalue weighted by atomic mass is 19.3. The lowest BCUT2D eigenvalue weighted by Gasteiger charge is -2.06. The Morgan fingerprint density at radius 3 is 2.63 bits per heavy atom. The van der Waals surface area contributed by atoms with E-state index >= 15 is 0 Å². The number of aromatic amines is 1. The lowest BCUT2D eigenvalue weighted by molar-refractivity contribution is -0.0498. The number of rotatable bonds is 6. The summed E-state index contributed by atoms with van der Waals surface area (Å²) >= 11 is 0. The Morgan fingerprint density at radius 2 is 1.96 bits per heavy atom. The molecule has 1 amide bonds. The fraction of sp³-hybridized carbons (Fsp3) is 0.158. The van der Waals surface area contributed by atoms with E-state index in [1.807, 2.05) is 19.1 Å². The predicted octanol–water partition coefficient (Wildman–Crippen LogP) is 4.20. The van der Waals surface area contributed by atoms with Gasteiger partial charge in [0.2, 0.25) is 0 Å². The normalized spacial score (nSPS) is 10.8. The van der Waals surface area contributed by atoms with Crippen molar-refractivity contribution in [3.05, 3.63) is 59.8 Å². The number of aromatic nitrogens is 2. The molecule has 0 bridgehead atoms. The van der Waals surface area contributed by atoms with Gasteiger partial charge < -0.3 is 15.2 Å². The molecule has 0 aliphatic rings. The van der Waals surface area contributed by atoms with Gasteiger partial charge in [0.05, 0.1) is 5.69 Å². The lowest BCUT2D eigenvalue weighted by Crippen LogP contribution is -2.12. The van der Waals surface area contributed by atoms with Crippen LogP contribution in [0, 0.1) is 0 Å². The van der Waals surface area contributed by atoms with Crippen molar-refractivity contribution >= 4 is 11.6 Å². The van der Waals surface area contributed by atoms with E-state index < -0.39 is 12.5 Å². The number of amides is 1. The second kappa shape index (κ2) is 7.86. The minimum atomic E-state index is -2.91. The molecule has 0 saturated heterocycles. The monoisotopic (exact) mass is 373 g/mol. The highest BCUT2D eigenvalue weighted by molar-refractivity contribution is 6.03. The van der Waals surface area contributed by atoms with Crippen LogP contribution in [0.4, 0.5) is 14.5 Å². The number of hydrogen-bond acceptors (Lipinski definition) is 4. The van der Waals surface area contributed by atoms with Crippen LogP contribution < -0.4 is 10.1 Å². The molecule has 0 unspecified atom stereocenters. The molecule has 3 N–H and O–H groups in total. The van der Waals surface area contributed by atoms with Crippen molar-refractivity contribution in [2.24, 2.45) is 0 Å². The van der Waals surface area contributed by atoms with Gasteiger partial charge in [-0.3, -0.25) is 9.89 Å². The van der Waals surface area contributed by atoms with E-state index in [9.17, 15) is 18.7 Å². The van der Waals surface area contributed by atoms with Crippen LogP contribution in [0.1, 0.15) is 23.0 Å². The molecular weight excluding hydrogens is 356 g/mol. The molecule has 3 rings (SSSR count). The number of carbonyl (C=O) groups excluding carboxylic acids is 1. The number of phenols is 1. The quantitative estimate of drug-likeness (QED) is 0.604. The van der Waals surface area contributed by atoms with Crippen LogP contribution in [0.2, 0.25) is 0 Å². The Kier molecular flexibility index (Phi) is 5.35. The molecule has 0 saturated carbocycles. The zero-order chi connectivity index (χ0) is 19.4. The molecule has 8 heteroatoms. The molecule has 1 aromatic heterocycles. The predicted molar refractivity (Wildman–Crippen MR) is 96.1 cm³/mol. The van der Waals surface area contributed by atoms with Crippen LogP contribution in [0.3, 0.4) is 0 Å². The number of anilines is 1. The van der Waals surface area contributed by atoms with Crippen LogP contribution in [-0.4, -0.2) is 27.8 Å². The van der Waals surface area contributed by atoms with Gasteiger partial charge in [0.25, 0.3) is 5.91 Å². The zero-order valence-electron chi connectivity index (χ0n) is 14.4. The molecule has 0 spiro atoms. The zero-order valence-corrected chi connectivity index (χ0v) is 14.4. The Hall–Kier alpha value is -3.42. The third-order valence-electron chi connectivity index (χ3n) is 3.91. The van der Waals surface area contributed by atoms with Crippen molar-refractivity contribution < 1.29 is 23.4 Å². The fourth-order valence-electron chi connectivity index (χ4n) is 2.50. The van der Waals surface area contributed by atoms with Crippen molar-refractivity contribution in [1.82, 2.24) is 10.2 Å². The molecule has 0 radical (unpaired) electrons. The summed E-state index contributed by atoms with van der Waals surface area (Å²) in [6, 6.07) is 12.3. The van der Waals surface area contributed by atoms with Gasteiger partial charge in [-0.25, -0.2) is 0 Å². The lowest BCUT2D eigenvalue weighted by atomic mass is 10.1. The molecule has 0 aliphatic carbocycles. The average Bonchev–Trinajstić information content (AvgIpc) is 3.13. The van der Waals surface area contributed by atoms with Gasteiger partial charge in [-0.05, 0) is 54.4 Å². The van der Waals surface area contributed by atoms with E-state index in [2.05, 4.69) is 20.3 Å². The van der Waals surface area contributed by atoms with E-state index in [1.54, 1.807) is 6.07 Å². The molecule has 0 fully saturated rings. The maximum Gasteiger partial charge on any atom is 0.387 e. The first-order valence-corrected chi connectivity index (χ1v) is 8.20. The van der Waals surface area contributed by atoms with Crippen molar-refractivity contribution in [2.45, 2.75) is 20.0 Å². The van der Waals surface area contributed by atoms with Crippen molar-refractivity contribution in [3.63, 3.8) is 0 Å². The molecule has 2 aromatic carbocycles. The minimum Gasteiger partial charge on any atom is -0.507 e. The summed E-state index contributed by atoms with van der Waals surface area (Å²) in [7, 11) is 0. The molecule has 140 valence electrons. The van der Waals surface area contributed by atoms with E-state index in [1.165, 1.54) is 30.3 Å². The second-order valence-corrected chi connectivity index (χ2v) is 5.73. The van der Waals surface area contributed by atoms with Gasteiger partial charge in [0.1, 0.15) is 17.2 Å². The average molecular weight is 373 g/mol. The van der Waals surface area contributed by atoms with Gasteiger partial charge in [0.15, 0.2) is 0 Å². The van der Waals surface area contributed by atoms with E-state index in [0.29, 0.717) is 16.9 Å². The first-order valence-electron chi connectivity index (χ1n) is 8.20. The summed E-state index contributed by atoms with van der Waals surface area (Å²) < 4.78 is 28.6. The molecule has 0 atom stereocenters. The fourth-order valence-corrected chi connectivity index (χ4v) is 2.50. The van der Waals surface area contributed by atoms with Crippen molar-refractivity contribution in [2.75, 3.05) is 5.32 Å². The first kappa shape index (κ1) is 18.4. The Morgan fingerprint density at radius 1 is 1.22 bits per heavy atom. The highest BCUT2D eigenvalue weighted by Gasteiger charge is 2.14. The number of nitrogens with zero attached hydrogens (tertiary/aromatic N) is 1. The summed E-state index contributed by atoms with van der Waals surface area (Å²) in [5.41, 5.74) is 2.60. The standard InChI is InChI=1S/C19H17F2N3O3/c1-2-11-3-8-17(25)14(9-11)15-10-16(24-23-15)18(26)22-12-4-6-13(7-5-12)27-19(20)21/h3-10,19,25H,2H2,1H3,(H,22,26)(H,23,24). The Balaban J connectivity index is 1.73. The summed E-state index contributed by atoms with van der Waals surface area (Å²) in [6.07, 6.45) is 0.802. The first-order chi connectivity index (χ1) is 13.0. The summed E-state index contributed by atoms with van der Waals surface area (Å²) in [5, 5.41) is 19.4. The number of alkyl halides is 2. The maximum atomic E-state index is 12.3.